The third-order valence-electron chi connectivity index (χ3n) is 4.32. The summed E-state index contributed by atoms with van der Waals surface area (Å²) in [7, 11) is -3.73. The van der Waals surface area contributed by atoms with Gasteiger partial charge in [0, 0.05) is 17.5 Å². The van der Waals surface area contributed by atoms with Crippen molar-refractivity contribution in [3.63, 3.8) is 0 Å². The molecule has 0 aliphatic rings. The van der Waals surface area contributed by atoms with Crippen LogP contribution in [0.15, 0.2) is 51.8 Å². The molecular formula is C20H21NO6S. The van der Waals surface area contributed by atoms with Gasteiger partial charge >= 0.3 is 5.97 Å². The predicted octanol–water partition coefficient (Wildman–Crippen LogP) is 3.14. The molecule has 0 spiro atoms. The summed E-state index contributed by atoms with van der Waals surface area (Å²) < 4.78 is 38.2. The molecular weight excluding hydrogens is 382 g/mol. The van der Waals surface area contributed by atoms with E-state index in [0.29, 0.717) is 23.0 Å². The molecule has 1 heterocycles. The SMILES string of the molecule is CCOC(=O)c1oc2ccc(S(=O)(=O)NCCc3ccc(O)cc3)cc2c1C. The van der Waals surface area contributed by atoms with E-state index in [-0.39, 0.29) is 29.6 Å². The standard InChI is InChI=1S/C20H21NO6S/c1-3-26-20(23)19-13(2)17-12-16(8-9-18(17)27-19)28(24,25)21-11-10-14-4-6-15(22)7-5-14/h4-9,12,21-22H,3,10-11H2,1-2H3. The number of sulfonamides is 1. The lowest BCUT2D eigenvalue weighted by atomic mass is 10.1. The number of hydrogen-bond donors (Lipinski definition) is 2. The number of esters is 1. The summed E-state index contributed by atoms with van der Waals surface area (Å²) in [4.78, 5) is 12.0. The zero-order chi connectivity index (χ0) is 20.3. The first kappa shape index (κ1) is 19.9. The van der Waals surface area contributed by atoms with Gasteiger partial charge in [0.1, 0.15) is 11.3 Å². The average molecular weight is 403 g/mol. The van der Waals surface area contributed by atoms with Gasteiger partial charge in [0.05, 0.1) is 11.5 Å². The second kappa shape index (κ2) is 8.04. The second-order valence-electron chi connectivity index (χ2n) is 6.25. The Balaban J connectivity index is 1.78. The van der Waals surface area contributed by atoms with Crippen LogP contribution in [-0.2, 0) is 21.2 Å². The zero-order valence-corrected chi connectivity index (χ0v) is 16.4. The molecule has 0 aliphatic heterocycles. The quantitative estimate of drug-likeness (QED) is 0.587. The lowest BCUT2D eigenvalue weighted by Gasteiger charge is -2.07. The zero-order valence-electron chi connectivity index (χ0n) is 15.6. The van der Waals surface area contributed by atoms with Crippen molar-refractivity contribution in [2.75, 3.05) is 13.2 Å². The maximum absolute atomic E-state index is 12.6. The summed E-state index contributed by atoms with van der Waals surface area (Å²) in [6, 6.07) is 11.0. The number of hydrogen-bond acceptors (Lipinski definition) is 6. The molecule has 28 heavy (non-hydrogen) atoms. The van der Waals surface area contributed by atoms with Crippen LogP contribution in [0.5, 0.6) is 5.75 Å². The summed E-state index contributed by atoms with van der Waals surface area (Å²) in [5, 5.41) is 9.83. The summed E-state index contributed by atoms with van der Waals surface area (Å²) in [5.41, 5.74) is 1.86. The van der Waals surface area contributed by atoms with Crippen LogP contribution < -0.4 is 4.72 Å². The summed E-state index contributed by atoms with van der Waals surface area (Å²) >= 11 is 0. The molecule has 0 saturated carbocycles. The summed E-state index contributed by atoms with van der Waals surface area (Å²) in [6.07, 6.45) is 0.486. The van der Waals surface area contributed by atoms with Gasteiger partial charge in [0.2, 0.25) is 15.8 Å². The number of furan rings is 1. The molecule has 7 nitrogen and oxygen atoms in total. The number of aromatic hydroxyl groups is 1. The van der Waals surface area contributed by atoms with E-state index in [1.165, 1.54) is 18.2 Å². The molecule has 148 valence electrons. The number of aryl methyl sites for hydroxylation is 1. The number of fused-ring (bicyclic) bond motifs is 1. The van der Waals surface area contributed by atoms with E-state index < -0.39 is 16.0 Å². The van der Waals surface area contributed by atoms with Crippen molar-refractivity contribution >= 4 is 27.0 Å². The highest BCUT2D eigenvalue weighted by Crippen LogP contribution is 2.28. The summed E-state index contributed by atoms with van der Waals surface area (Å²) in [6.45, 7) is 3.82. The van der Waals surface area contributed by atoms with Crippen molar-refractivity contribution in [3.8, 4) is 5.75 Å². The van der Waals surface area contributed by atoms with Crippen LogP contribution in [0.3, 0.4) is 0 Å². The van der Waals surface area contributed by atoms with Crippen molar-refractivity contribution < 1.29 is 27.5 Å². The number of phenols is 1. The molecule has 3 rings (SSSR count). The van der Waals surface area contributed by atoms with Crippen molar-refractivity contribution in [2.45, 2.75) is 25.2 Å². The van der Waals surface area contributed by atoms with Crippen LogP contribution >= 0.6 is 0 Å². The highest BCUT2D eigenvalue weighted by Gasteiger charge is 2.21. The smallest absolute Gasteiger partial charge is 0.374 e. The first-order chi connectivity index (χ1) is 13.3. The Morgan fingerprint density at radius 1 is 1.18 bits per heavy atom. The molecule has 0 amide bonds. The Labute approximate surface area is 163 Å². The third kappa shape index (κ3) is 4.18. The molecule has 0 saturated heterocycles. The number of carbonyl (C=O) groups excluding carboxylic acids is 1. The largest absolute Gasteiger partial charge is 0.508 e. The van der Waals surface area contributed by atoms with E-state index in [0.717, 1.165) is 5.56 Å². The van der Waals surface area contributed by atoms with Crippen LogP contribution in [0.1, 0.15) is 28.6 Å². The van der Waals surface area contributed by atoms with E-state index in [9.17, 15) is 18.3 Å². The topological polar surface area (TPSA) is 106 Å². The molecule has 2 N–H and O–H groups in total. The van der Waals surface area contributed by atoms with Crippen molar-refractivity contribution in [1.29, 1.82) is 0 Å². The number of benzene rings is 2. The lowest BCUT2D eigenvalue weighted by Crippen LogP contribution is -2.25. The Kier molecular flexibility index (Phi) is 5.71. The highest BCUT2D eigenvalue weighted by molar-refractivity contribution is 7.89. The van der Waals surface area contributed by atoms with Gasteiger partial charge in [0.25, 0.3) is 0 Å². The summed E-state index contributed by atoms with van der Waals surface area (Å²) in [5.74, 6) is -0.338. The Morgan fingerprint density at radius 2 is 1.89 bits per heavy atom. The van der Waals surface area contributed by atoms with Gasteiger partial charge in [-0.15, -0.1) is 0 Å². The maximum Gasteiger partial charge on any atom is 0.374 e. The second-order valence-corrected chi connectivity index (χ2v) is 8.02. The molecule has 0 fully saturated rings. The monoisotopic (exact) mass is 403 g/mol. The molecule has 0 atom stereocenters. The fourth-order valence-electron chi connectivity index (χ4n) is 2.83. The molecule has 0 bridgehead atoms. The van der Waals surface area contributed by atoms with Gasteiger partial charge in [0.15, 0.2) is 0 Å². The van der Waals surface area contributed by atoms with Crippen molar-refractivity contribution in [1.82, 2.24) is 4.72 Å². The Hall–Kier alpha value is -2.84. The van der Waals surface area contributed by atoms with Gasteiger partial charge < -0.3 is 14.3 Å². The molecule has 3 aromatic rings. The van der Waals surface area contributed by atoms with Gasteiger partial charge in [-0.3, -0.25) is 0 Å². The van der Waals surface area contributed by atoms with Crippen LogP contribution in [-0.4, -0.2) is 32.6 Å². The number of nitrogens with one attached hydrogen (secondary N) is 1. The van der Waals surface area contributed by atoms with Crippen molar-refractivity contribution in [3.05, 3.63) is 59.4 Å². The number of ether oxygens (including phenoxy) is 1. The molecule has 8 heteroatoms. The van der Waals surface area contributed by atoms with Crippen molar-refractivity contribution in [2.24, 2.45) is 0 Å². The molecule has 0 aliphatic carbocycles. The first-order valence-corrected chi connectivity index (χ1v) is 10.3. The number of rotatable bonds is 7. The minimum atomic E-state index is -3.73. The highest BCUT2D eigenvalue weighted by atomic mass is 32.2. The van der Waals surface area contributed by atoms with Gasteiger partial charge in [-0.2, -0.15) is 0 Å². The van der Waals surface area contributed by atoms with E-state index >= 15 is 0 Å². The fraction of sp³-hybridized carbons (Fsp3) is 0.250. The van der Waals surface area contributed by atoms with Gasteiger partial charge in [-0.05, 0) is 56.2 Å². The van der Waals surface area contributed by atoms with Crippen LogP contribution in [0, 0.1) is 6.92 Å². The van der Waals surface area contributed by atoms with E-state index in [2.05, 4.69) is 4.72 Å². The van der Waals surface area contributed by atoms with Gasteiger partial charge in [-0.1, -0.05) is 12.1 Å². The van der Waals surface area contributed by atoms with Gasteiger partial charge in [-0.25, -0.2) is 17.9 Å². The third-order valence-corrected chi connectivity index (χ3v) is 5.78. The molecule has 0 radical (unpaired) electrons. The average Bonchev–Trinajstić information content (AvgIpc) is 3.00. The van der Waals surface area contributed by atoms with Crippen LogP contribution in [0.25, 0.3) is 11.0 Å². The number of carbonyl (C=O) groups is 1. The minimum Gasteiger partial charge on any atom is -0.508 e. The Bertz CT molecular complexity index is 1100. The predicted molar refractivity (Wildman–Crippen MR) is 104 cm³/mol. The fourth-order valence-corrected chi connectivity index (χ4v) is 3.89. The van der Waals surface area contributed by atoms with E-state index in [4.69, 9.17) is 9.15 Å². The first-order valence-electron chi connectivity index (χ1n) is 8.79. The van der Waals surface area contributed by atoms with Crippen LogP contribution in [0.2, 0.25) is 0 Å². The maximum atomic E-state index is 12.6. The van der Waals surface area contributed by atoms with E-state index in [1.807, 2.05) is 0 Å². The Morgan fingerprint density at radius 3 is 2.57 bits per heavy atom. The molecule has 0 unspecified atom stereocenters. The lowest BCUT2D eigenvalue weighted by molar-refractivity contribution is 0.0491. The number of phenolic OH excluding ortho intramolecular Hbond substituents is 1. The molecule has 1 aromatic heterocycles. The van der Waals surface area contributed by atoms with E-state index in [1.54, 1.807) is 38.1 Å². The normalized spacial score (nSPS) is 11.6. The van der Waals surface area contributed by atoms with Crippen LogP contribution in [0.4, 0.5) is 0 Å². The molecule has 2 aromatic carbocycles. The minimum absolute atomic E-state index is 0.0756.